The molecule has 0 fully saturated rings. The van der Waals surface area contributed by atoms with Crippen molar-refractivity contribution in [3.63, 3.8) is 0 Å². The van der Waals surface area contributed by atoms with Crippen molar-refractivity contribution in [2.24, 2.45) is 0 Å². The van der Waals surface area contributed by atoms with Gasteiger partial charge in [-0.1, -0.05) is 42.5 Å². The smallest absolute Gasteiger partial charge is 0.274 e. The molecule has 25 heavy (non-hydrogen) atoms. The normalized spacial score (nSPS) is 11.3. The average molecular weight is 373 g/mol. The number of methoxy groups -OCH3 is 1. The quantitative estimate of drug-likeness (QED) is 0.641. The van der Waals surface area contributed by atoms with Gasteiger partial charge in [0, 0.05) is 0 Å². The summed E-state index contributed by atoms with van der Waals surface area (Å²) in [6.07, 6.45) is 0. The summed E-state index contributed by atoms with van der Waals surface area (Å²) in [7, 11) is -2.14. The molecule has 0 N–H and O–H groups in total. The van der Waals surface area contributed by atoms with Crippen LogP contribution in [0.3, 0.4) is 0 Å². The molecule has 6 heteroatoms. The van der Waals surface area contributed by atoms with Crippen molar-refractivity contribution < 1.29 is 13.2 Å². The Labute approximate surface area is 152 Å². The summed E-state index contributed by atoms with van der Waals surface area (Å²) >= 11 is 1.21. The molecular weight excluding hydrogens is 354 g/mol. The third kappa shape index (κ3) is 3.55. The SMILES string of the molecule is COc1ccccc1N(Cc1ccccc1C)S(=O)(=O)c1cccs1. The van der Waals surface area contributed by atoms with E-state index in [1.54, 1.807) is 36.8 Å². The molecule has 0 aliphatic rings. The molecule has 0 saturated heterocycles. The van der Waals surface area contributed by atoms with Crippen molar-refractivity contribution >= 4 is 27.0 Å². The molecular formula is C19H19NO3S2. The largest absolute Gasteiger partial charge is 0.495 e. The molecule has 0 unspecified atom stereocenters. The summed E-state index contributed by atoms with van der Waals surface area (Å²) in [5.74, 6) is 0.524. The zero-order chi connectivity index (χ0) is 17.9. The minimum Gasteiger partial charge on any atom is -0.495 e. The van der Waals surface area contributed by atoms with Crippen molar-refractivity contribution in [2.75, 3.05) is 11.4 Å². The Bertz CT molecular complexity index is 950. The number of aryl methyl sites for hydroxylation is 1. The standard InChI is InChI=1S/C19H19NO3S2/c1-15-8-3-4-9-16(15)14-20(17-10-5-6-11-18(17)23-2)25(21,22)19-12-7-13-24-19/h3-13H,14H2,1-2H3. The Hall–Kier alpha value is -2.31. The van der Waals surface area contributed by atoms with E-state index in [2.05, 4.69) is 0 Å². The lowest BCUT2D eigenvalue weighted by atomic mass is 10.1. The first-order chi connectivity index (χ1) is 12.0. The van der Waals surface area contributed by atoms with E-state index in [-0.39, 0.29) is 6.54 Å². The highest BCUT2D eigenvalue weighted by molar-refractivity contribution is 7.94. The molecule has 0 radical (unpaired) electrons. The highest BCUT2D eigenvalue weighted by Gasteiger charge is 2.28. The Morgan fingerprint density at radius 1 is 1.00 bits per heavy atom. The second-order valence-electron chi connectivity index (χ2n) is 5.54. The number of hydrogen-bond acceptors (Lipinski definition) is 4. The lowest BCUT2D eigenvalue weighted by Gasteiger charge is -2.26. The van der Waals surface area contributed by atoms with Crippen molar-refractivity contribution in [3.05, 3.63) is 77.2 Å². The summed E-state index contributed by atoms with van der Waals surface area (Å²) in [6, 6.07) is 18.3. The molecule has 3 aromatic rings. The van der Waals surface area contributed by atoms with Crippen LogP contribution >= 0.6 is 11.3 Å². The maximum absolute atomic E-state index is 13.3. The molecule has 0 atom stereocenters. The summed E-state index contributed by atoms with van der Waals surface area (Å²) in [5, 5.41) is 1.76. The first-order valence-corrected chi connectivity index (χ1v) is 10.1. The van der Waals surface area contributed by atoms with Crippen LogP contribution in [0.15, 0.2) is 70.3 Å². The van der Waals surface area contributed by atoms with Gasteiger partial charge in [0.1, 0.15) is 9.96 Å². The number of anilines is 1. The molecule has 0 spiro atoms. The van der Waals surface area contributed by atoms with E-state index < -0.39 is 10.0 Å². The lowest BCUT2D eigenvalue weighted by molar-refractivity contribution is 0.415. The van der Waals surface area contributed by atoms with Crippen LogP contribution in [0.25, 0.3) is 0 Å². The van der Waals surface area contributed by atoms with Crippen LogP contribution in [0.2, 0.25) is 0 Å². The minimum absolute atomic E-state index is 0.243. The second kappa shape index (κ2) is 7.29. The Morgan fingerprint density at radius 2 is 1.72 bits per heavy atom. The van der Waals surface area contributed by atoms with Crippen LogP contribution in [-0.2, 0) is 16.6 Å². The molecule has 0 aliphatic heterocycles. The van der Waals surface area contributed by atoms with E-state index in [1.807, 2.05) is 43.3 Å². The maximum Gasteiger partial charge on any atom is 0.274 e. The molecule has 0 saturated carbocycles. The van der Waals surface area contributed by atoms with E-state index in [0.29, 0.717) is 15.6 Å². The van der Waals surface area contributed by atoms with Crippen LogP contribution in [0.4, 0.5) is 5.69 Å². The summed E-state index contributed by atoms with van der Waals surface area (Å²) in [4.78, 5) is 0. The number of ether oxygens (including phenoxy) is 1. The second-order valence-corrected chi connectivity index (χ2v) is 8.58. The molecule has 0 bridgehead atoms. The number of para-hydroxylation sites is 2. The fourth-order valence-electron chi connectivity index (χ4n) is 2.60. The van der Waals surface area contributed by atoms with E-state index >= 15 is 0 Å². The van der Waals surface area contributed by atoms with Crippen LogP contribution in [0, 0.1) is 6.92 Å². The van der Waals surface area contributed by atoms with Gasteiger partial charge in [-0.3, -0.25) is 4.31 Å². The molecule has 0 amide bonds. The topological polar surface area (TPSA) is 46.6 Å². The fraction of sp³-hybridized carbons (Fsp3) is 0.158. The highest BCUT2D eigenvalue weighted by atomic mass is 32.2. The predicted molar refractivity (Wildman–Crippen MR) is 102 cm³/mol. The Morgan fingerprint density at radius 3 is 2.40 bits per heavy atom. The number of nitrogens with zero attached hydrogens (tertiary/aromatic N) is 1. The third-order valence-corrected chi connectivity index (χ3v) is 7.10. The molecule has 1 aromatic heterocycles. The highest BCUT2D eigenvalue weighted by Crippen LogP contribution is 2.35. The first-order valence-electron chi connectivity index (χ1n) is 7.78. The summed E-state index contributed by atoms with van der Waals surface area (Å²) < 4.78 is 33.6. The van der Waals surface area contributed by atoms with Gasteiger partial charge in [0.2, 0.25) is 0 Å². The number of thiophene rings is 1. The zero-order valence-corrected chi connectivity index (χ0v) is 15.7. The van der Waals surface area contributed by atoms with Crippen molar-refractivity contribution in [1.82, 2.24) is 0 Å². The van der Waals surface area contributed by atoms with Crippen LogP contribution in [-0.4, -0.2) is 15.5 Å². The molecule has 3 rings (SSSR count). The Kier molecular flexibility index (Phi) is 5.11. The molecule has 2 aromatic carbocycles. The van der Waals surface area contributed by atoms with Gasteiger partial charge in [-0.05, 0) is 41.6 Å². The van der Waals surface area contributed by atoms with Crippen molar-refractivity contribution in [3.8, 4) is 5.75 Å². The van der Waals surface area contributed by atoms with Crippen LogP contribution in [0.5, 0.6) is 5.75 Å². The van der Waals surface area contributed by atoms with Gasteiger partial charge in [-0.15, -0.1) is 11.3 Å². The summed E-state index contributed by atoms with van der Waals surface area (Å²) in [6.45, 7) is 2.22. The van der Waals surface area contributed by atoms with Gasteiger partial charge in [-0.2, -0.15) is 0 Å². The monoisotopic (exact) mass is 373 g/mol. The zero-order valence-electron chi connectivity index (χ0n) is 14.0. The predicted octanol–water partition coefficient (Wildman–Crippen LogP) is 4.46. The average Bonchev–Trinajstić information content (AvgIpc) is 3.16. The van der Waals surface area contributed by atoms with E-state index in [9.17, 15) is 8.42 Å². The maximum atomic E-state index is 13.3. The molecule has 4 nitrogen and oxygen atoms in total. The van der Waals surface area contributed by atoms with Crippen LogP contribution < -0.4 is 9.04 Å². The number of sulfonamides is 1. The van der Waals surface area contributed by atoms with Crippen molar-refractivity contribution in [1.29, 1.82) is 0 Å². The van der Waals surface area contributed by atoms with Gasteiger partial charge in [0.25, 0.3) is 10.0 Å². The van der Waals surface area contributed by atoms with E-state index in [1.165, 1.54) is 15.6 Å². The third-order valence-electron chi connectivity index (χ3n) is 3.97. The number of benzene rings is 2. The van der Waals surface area contributed by atoms with Gasteiger partial charge in [0.05, 0.1) is 19.3 Å². The first kappa shape index (κ1) is 17.5. The van der Waals surface area contributed by atoms with E-state index in [0.717, 1.165) is 11.1 Å². The summed E-state index contributed by atoms with van der Waals surface area (Å²) in [5.41, 5.74) is 2.53. The van der Waals surface area contributed by atoms with Gasteiger partial charge in [0.15, 0.2) is 0 Å². The minimum atomic E-state index is -3.69. The van der Waals surface area contributed by atoms with Gasteiger partial charge >= 0.3 is 0 Å². The lowest BCUT2D eigenvalue weighted by Crippen LogP contribution is -2.30. The van der Waals surface area contributed by atoms with Crippen LogP contribution in [0.1, 0.15) is 11.1 Å². The van der Waals surface area contributed by atoms with Gasteiger partial charge in [-0.25, -0.2) is 8.42 Å². The number of rotatable bonds is 6. The number of hydrogen-bond donors (Lipinski definition) is 0. The van der Waals surface area contributed by atoms with E-state index in [4.69, 9.17) is 4.74 Å². The van der Waals surface area contributed by atoms with Gasteiger partial charge < -0.3 is 4.74 Å². The molecule has 130 valence electrons. The fourth-order valence-corrected chi connectivity index (χ4v) is 5.15. The Balaban J connectivity index is 2.14. The van der Waals surface area contributed by atoms with Crippen molar-refractivity contribution in [2.45, 2.75) is 17.7 Å². The molecule has 1 heterocycles. The molecule has 0 aliphatic carbocycles.